The second-order valence-corrected chi connectivity index (χ2v) is 8.03. The molecule has 22 heavy (non-hydrogen) atoms. The Morgan fingerprint density at radius 1 is 1.18 bits per heavy atom. The number of fused-ring (bicyclic) bond motifs is 1. The Labute approximate surface area is 129 Å². The third-order valence-electron chi connectivity index (χ3n) is 4.81. The van der Waals surface area contributed by atoms with Crippen LogP contribution in [0.25, 0.3) is 0 Å². The van der Waals surface area contributed by atoms with Crippen LogP contribution in [-0.2, 0) is 10.0 Å². The molecule has 1 saturated carbocycles. The van der Waals surface area contributed by atoms with E-state index >= 15 is 0 Å². The number of hydrogen-bond acceptors (Lipinski definition) is 5. The van der Waals surface area contributed by atoms with Crippen molar-refractivity contribution in [1.82, 2.24) is 4.31 Å². The molecule has 0 unspecified atom stereocenters. The van der Waals surface area contributed by atoms with Crippen LogP contribution in [0.15, 0.2) is 29.2 Å². The van der Waals surface area contributed by atoms with Gasteiger partial charge in [0, 0.05) is 31.3 Å². The van der Waals surface area contributed by atoms with Gasteiger partial charge >= 0.3 is 0 Å². The Morgan fingerprint density at radius 3 is 2.45 bits per heavy atom. The average molecular weight is 325 g/mol. The van der Waals surface area contributed by atoms with Gasteiger partial charge in [0.05, 0.1) is 9.82 Å². The Hall–Kier alpha value is -1.51. The predicted molar refractivity (Wildman–Crippen MR) is 80.7 cm³/mol. The second kappa shape index (κ2) is 5.60. The van der Waals surface area contributed by atoms with Crippen molar-refractivity contribution in [2.75, 3.05) is 13.1 Å². The molecular weight excluding hydrogens is 306 g/mol. The topological polar surface area (TPSA) is 107 Å². The van der Waals surface area contributed by atoms with Crippen LogP contribution >= 0.6 is 0 Å². The molecule has 3 rings (SSSR count). The molecule has 120 valence electrons. The lowest BCUT2D eigenvalue weighted by atomic mass is 9.78. The first-order valence-electron chi connectivity index (χ1n) is 7.40. The number of non-ortho nitro benzene ring substituents is 1. The highest BCUT2D eigenvalue weighted by Crippen LogP contribution is 2.37. The molecule has 1 aromatic carbocycles. The highest BCUT2D eigenvalue weighted by molar-refractivity contribution is 7.89. The number of rotatable bonds is 3. The Balaban J connectivity index is 1.83. The molecule has 3 atom stereocenters. The zero-order chi connectivity index (χ0) is 15.9. The summed E-state index contributed by atoms with van der Waals surface area (Å²) in [6.07, 6.45) is 3.02. The molecule has 1 saturated heterocycles. The quantitative estimate of drug-likeness (QED) is 0.666. The lowest BCUT2D eigenvalue weighted by Gasteiger charge is -2.29. The number of nitro benzene ring substituents is 1. The number of sulfonamides is 1. The Morgan fingerprint density at radius 2 is 1.86 bits per heavy atom. The smallest absolute Gasteiger partial charge is 0.269 e. The maximum atomic E-state index is 12.7. The van der Waals surface area contributed by atoms with Gasteiger partial charge in [0.2, 0.25) is 10.0 Å². The van der Waals surface area contributed by atoms with E-state index in [1.807, 2.05) is 0 Å². The molecule has 1 heterocycles. The van der Waals surface area contributed by atoms with Gasteiger partial charge in [-0.3, -0.25) is 10.1 Å². The van der Waals surface area contributed by atoms with Crippen LogP contribution in [0, 0.1) is 22.0 Å². The third kappa shape index (κ3) is 2.62. The highest BCUT2D eigenvalue weighted by Gasteiger charge is 2.43. The zero-order valence-corrected chi connectivity index (χ0v) is 12.9. The van der Waals surface area contributed by atoms with E-state index in [2.05, 4.69) is 0 Å². The van der Waals surface area contributed by atoms with Gasteiger partial charge in [-0.2, -0.15) is 4.31 Å². The van der Waals surface area contributed by atoms with E-state index in [1.165, 1.54) is 28.6 Å². The molecule has 7 nitrogen and oxygen atoms in total. The highest BCUT2D eigenvalue weighted by atomic mass is 32.2. The summed E-state index contributed by atoms with van der Waals surface area (Å²) in [7, 11) is -3.61. The molecule has 0 aromatic heterocycles. The number of hydrogen-bond donors (Lipinski definition) is 1. The average Bonchev–Trinajstić information content (AvgIpc) is 2.94. The summed E-state index contributed by atoms with van der Waals surface area (Å²) in [5.74, 6) is 0.554. The zero-order valence-electron chi connectivity index (χ0n) is 12.1. The van der Waals surface area contributed by atoms with E-state index in [0.29, 0.717) is 19.0 Å². The molecule has 2 fully saturated rings. The molecule has 0 amide bonds. The van der Waals surface area contributed by atoms with Gasteiger partial charge in [-0.15, -0.1) is 0 Å². The van der Waals surface area contributed by atoms with Crippen LogP contribution in [-0.4, -0.2) is 36.8 Å². The number of nitro groups is 1. The lowest BCUT2D eigenvalue weighted by molar-refractivity contribution is -0.384. The molecule has 0 bridgehead atoms. The standard InChI is InChI=1S/C14H19N3O4S/c15-14-3-1-2-10-8-16(9-13(10)14)22(20,21)12-6-4-11(5-7-12)17(18)19/h4-7,10,13-14H,1-3,8-9,15H2/t10-,13+,14+/m0/s1. The summed E-state index contributed by atoms with van der Waals surface area (Å²) in [5, 5.41) is 10.7. The first-order valence-corrected chi connectivity index (χ1v) is 8.84. The molecule has 8 heteroatoms. The van der Waals surface area contributed by atoms with Gasteiger partial charge in [-0.1, -0.05) is 6.42 Å². The summed E-state index contributed by atoms with van der Waals surface area (Å²) in [6, 6.07) is 5.12. The van der Waals surface area contributed by atoms with Gasteiger partial charge in [0.1, 0.15) is 0 Å². The van der Waals surface area contributed by atoms with Crippen molar-refractivity contribution in [3.05, 3.63) is 34.4 Å². The van der Waals surface area contributed by atoms with E-state index < -0.39 is 14.9 Å². The number of benzene rings is 1. The molecule has 2 aliphatic rings. The van der Waals surface area contributed by atoms with Crippen LogP contribution in [0.1, 0.15) is 19.3 Å². The maximum absolute atomic E-state index is 12.7. The molecule has 0 spiro atoms. The summed E-state index contributed by atoms with van der Waals surface area (Å²) in [5.41, 5.74) is 6.01. The van der Waals surface area contributed by atoms with Crippen LogP contribution in [0.5, 0.6) is 0 Å². The first-order chi connectivity index (χ1) is 10.4. The molecule has 2 N–H and O–H groups in total. The van der Waals surface area contributed by atoms with Crippen LogP contribution in [0.4, 0.5) is 5.69 Å². The molecule has 0 radical (unpaired) electrons. The van der Waals surface area contributed by atoms with Crippen LogP contribution in [0.2, 0.25) is 0 Å². The van der Waals surface area contributed by atoms with Crippen molar-refractivity contribution in [3.63, 3.8) is 0 Å². The van der Waals surface area contributed by atoms with Gasteiger partial charge in [0.15, 0.2) is 0 Å². The van der Waals surface area contributed by atoms with Crippen molar-refractivity contribution in [3.8, 4) is 0 Å². The molecule has 1 aliphatic heterocycles. The summed E-state index contributed by atoms with van der Waals surface area (Å²) < 4.78 is 26.8. The summed E-state index contributed by atoms with van der Waals surface area (Å²) >= 11 is 0. The second-order valence-electron chi connectivity index (χ2n) is 6.09. The van der Waals surface area contributed by atoms with Crippen LogP contribution < -0.4 is 5.73 Å². The number of nitrogens with zero attached hydrogens (tertiary/aromatic N) is 2. The summed E-state index contributed by atoms with van der Waals surface area (Å²) in [6.45, 7) is 0.947. The van der Waals surface area contributed by atoms with E-state index in [0.717, 1.165) is 19.3 Å². The fourth-order valence-electron chi connectivity index (χ4n) is 3.56. The van der Waals surface area contributed by atoms with Gasteiger partial charge in [0.25, 0.3) is 5.69 Å². The third-order valence-corrected chi connectivity index (χ3v) is 6.65. The molecule has 1 aromatic rings. The molecule has 1 aliphatic carbocycles. The monoisotopic (exact) mass is 325 g/mol. The lowest BCUT2D eigenvalue weighted by Crippen LogP contribution is -2.38. The van der Waals surface area contributed by atoms with Crippen molar-refractivity contribution in [2.24, 2.45) is 17.6 Å². The van der Waals surface area contributed by atoms with Gasteiger partial charge < -0.3 is 5.73 Å². The maximum Gasteiger partial charge on any atom is 0.269 e. The van der Waals surface area contributed by atoms with Crippen molar-refractivity contribution in [2.45, 2.75) is 30.2 Å². The van der Waals surface area contributed by atoms with E-state index in [1.54, 1.807) is 0 Å². The van der Waals surface area contributed by atoms with Crippen molar-refractivity contribution < 1.29 is 13.3 Å². The normalized spacial score (nSPS) is 29.2. The Kier molecular flexibility index (Phi) is 3.92. The predicted octanol–water partition coefficient (Wildman–Crippen LogP) is 1.34. The minimum Gasteiger partial charge on any atom is -0.327 e. The van der Waals surface area contributed by atoms with Crippen LogP contribution in [0.3, 0.4) is 0 Å². The van der Waals surface area contributed by atoms with Gasteiger partial charge in [-0.25, -0.2) is 8.42 Å². The SMILES string of the molecule is N[C@@H]1CCC[C@H]2CN(S(=O)(=O)c3ccc([N+](=O)[O-])cc3)C[C@H]21. The minimum atomic E-state index is -3.61. The van der Waals surface area contributed by atoms with Gasteiger partial charge in [-0.05, 0) is 36.8 Å². The largest absolute Gasteiger partial charge is 0.327 e. The fourth-order valence-corrected chi connectivity index (χ4v) is 5.10. The molecular formula is C14H19N3O4S. The summed E-state index contributed by atoms with van der Waals surface area (Å²) in [4.78, 5) is 10.2. The number of nitrogens with two attached hydrogens (primary N) is 1. The Bertz CT molecular complexity index is 674. The van der Waals surface area contributed by atoms with Crippen molar-refractivity contribution >= 4 is 15.7 Å². The first kappa shape index (κ1) is 15.4. The minimum absolute atomic E-state index is 0.0656. The van der Waals surface area contributed by atoms with E-state index in [-0.39, 0.29) is 22.5 Å². The van der Waals surface area contributed by atoms with E-state index in [4.69, 9.17) is 5.73 Å². The van der Waals surface area contributed by atoms with E-state index in [9.17, 15) is 18.5 Å². The fraction of sp³-hybridized carbons (Fsp3) is 0.571. The van der Waals surface area contributed by atoms with Crippen molar-refractivity contribution in [1.29, 1.82) is 0 Å².